The Kier molecular flexibility index (Phi) is 6.48. The number of carbonyl (C=O) groups is 1. The number of carbonyl (C=O) groups excluding carboxylic acids is 1. The molecule has 1 aromatic heterocycles. The van der Waals surface area contributed by atoms with Crippen LogP contribution >= 0.6 is 11.8 Å². The first-order chi connectivity index (χ1) is 11.5. The van der Waals surface area contributed by atoms with E-state index in [0.717, 1.165) is 17.7 Å². The molecule has 24 heavy (non-hydrogen) atoms. The Labute approximate surface area is 145 Å². The van der Waals surface area contributed by atoms with Gasteiger partial charge in [0.2, 0.25) is 11.1 Å². The van der Waals surface area contributed by atoms with Gasteiger partial charge in [0.05, 0.1) is 12.4 Å². The zero-order valence-electron chi connectivity index (χ0n) is 14.2. The second-order valence-electron chi connectivity index (χ2n) is 5.57. The summed E-state index contributed by atoms with van der Waals surface area (Å²) in [6.07, 6.45) is 2.14. The van der Waals surface area contributed by atoms with Crippen molar-refractivity contribution in [2.45, 2.75) is 32.3 Å². The van der Waals surface area contributed by atoms with Crippen LogP contribution in [0.4, 0.5) is 0 Å². The van der Waals surface area contributed by atoms with E-state index in [4.69, 9.17) is 10.6 Å². The van der Waals surface area contributed by atoms with Gasteiger partial charge in [0.15, 0.2) is 0 Å². The van der Waals surface area contributed by atoms with E-state index in [0.29, 0.717) is 18.3 Å². The summed E-state index contributed by atoms with van der Waals surface area (Å²) in [6, 6.07) is 4.18. The fourth-order valence-corrected chi connectivity index (χ4v) is 2.81. The third kappa shape index (κ3) is 5.16. The molecule has 0 unspecified atom stereocenters. The van der Waals surface area contributed by atoms with Crippen molar-refractivity contribution in [2.24, 2.45) is 0 Å². The lowest BCUT2D eigenvalue weighted by Gasteiger charge is -2.12. The van der Waals surface area contributed by atoms with E-state index in [1.807, 2.05) is 6.07 Å². The predicted molar refractivity (Wildman–Crippen MR) is 94.7 cm³/mol. The Morgan fingerprint density at radius 1 is 1.38 bits per heavy atom. The number of aromatic nitrogens is 3. The van der Waals surface area contributed by atoms with E-state index >= 15 is 0 Å². The van der Waals surface area contributed by atoms with E-state index in [1.54, 1.807) is 0 Å². The molecule has 1 heterocycles. The summed E-state index contributed by atoms with van der Waals surface area (Å²) in [5, 5.41) is 10.8. The highest BCUT2D eigenvalue weighted by molar-refractivity contribution is 7.99. The molecule has 0 aliphatic carbocycles. The molecule has 0 spiro atoms. The third-order valence-electron chi connectivity index (χ3n) is 3.54. The highest BCUT2D eigenvalue weighted by Gasteiger charge is 2.07. The largest absolute Gasteiger partial charge is 0.493 e. The zero-order valence-corrected chi connectivity index (χ0v) is 15.0. The lowest BCUT2D eigenvalue weighted by Crippen LogP contribution is -2.27. The minimum Gasteiger partial charge on any atom is -0.493 e. The molecular weight excluding hydrogens is 326 g/mol. The molecule has 0 radical (unpaired) electrons. The first-order valence-corrected chi connectivity index (χ1v) is 8.71. The first-order valence-electron chi connectivity index (χ1n) is 7.72. The van der Waals surface area contributed by atoms with Crippen LogP contribution in [0, 0.1) is 20.8 Å². The number of rotatable bonds is 8. The van der Waals surface area contributed by atoms with Gasteiger partial charge in [-0.1, -0.05) is 17.8 Å². The highest BCUT2D eigenvalue weighted by Crippen LogP contribution is 2.23. The van der Waals surface area contributed by atoms with Gasteiger partial charge in [-0.25, -0.2) is 4.68 Å². The summed E-state index contributed by atoms with van der Waals surface area (Å²) >= 11 is 1.25. The summed E-state index contributed by atoms with van der Waals surface area (Å²) < 4.78 is 7.11. The molecular formula is C16H23N5O2S. The van der Waals surface area contributed by atoms with Crippen molar-refractivity contribution in [3.63, 3.8) is 0 Å². The number of benzene rings is 1. The van der Waals surface area contributed by atoms with Crippen LogP contribution in [-0.2, 0) is 4.79 Å². The van der Waals surface area contributed by atoms with E-state index in [9.17, 15) is 4.79 Å². The number of thioether (sulfide) groups is 1. The minimum absolute atomic E-state index is 0.0643. The monoisotopic (exact) mass is 349 g/mol. The van der Waals surface area contributed by atoms with Gasteiger partial charge in [-0.05, 0) is 49.9 Å². The van der Waals surface area contributed by atoms with Crippen LogP contribution in [0.5, 0.6) is 5.75 Å². The topological polar surface area (TPSA) is 95.1 Å². The lowest BCUT2D eigenvalue weighted by atomic mass is 10.1. The highest BCUT2D eigenvalue weighted by atomic mass is 32.2. The molecule has 8 heteroatoms. The van der Waals surface area contributed by atoms with Crippen molar-refractivity contribution in [2.75, 3.05) is 24.7 Å². The van der Waals surface area contributed by atoms with Crippen molar-refractivity contribution in [3.8, 4) is 5.75 Å². The number of amides is 1. The molecule has 0 saturated heterocycles. The van der Waals surface area contributed by atoms with E-state index in [1.165, 1.54) is 33.9 Å². The van der Waals surface area contributed by atoms with Crippen molar-refractivity contribution in [3.05, 3.63) is 35.2 Å². The second kappa shape index (κ2) is 8.58. The number of nitrogens with two attached hydrogens (primary N) is 1. The number of ether oxygens (including phenoxy) is 1. The number of hydrogen-bond donors (Lipinski definition) is 2. The van der Waals surface area contributed by atoms with Crippen LogP contribution in [-0.4, -0.2) is 39.7 Å². The predicted octanol–water partition coefficient (Wildman–Crippen LogP) is 1.59. The summed E-state index contributed by atoms with van der Waals surface area (Å²) in [4.78, 5) is 11.8. The Hall–Kier alpha value is -2.22. The zero-order chi connectivity index (χ0) is 17.5. The van der Waals surface area contributed by atoms with Crippen molar-refractivity contribution in [1.29, 1.82) is 0 Å². The fraction of sp³-hybridized carbons (Fsp3) is 0.438. The smallest absolute Gasteiger partial charge is 0.230 e. The standard InChI is InChI=1S/C16H23N5O2S/c1-11-7-12(2)13(3)14(8-11)23-6-4-5-18-15(22)9-24-16-20-19-10-21(16)17/h7-8,10H,4-6,9,17H2,1-3H3,(H,18,22). The molecule has 0 bridgehead atoms. The molecule has 3 N–H and O–H groups in total. The SMILES string of the molecule is Cc1cc(C)c(C)c(OCCCNC(=O)CSc2nncn2N)c1. The maximum absolute atomic E-state index is 11.8. The minimum atomic E-state index is -0.0643. The molecule has 7 nitrogen and oxygen atoms in total. The lowest BCUT2D eigenvalue weighted by molar-refractivity contribution is -0.118. The van der Waals surface area contributed by atoms with E-state index < -0.39 is 0 Å². The maximum Gasteiger partial charge on any atom is 0.230 e. The second-order valence-corrected chi connectivity index (χ2v) is 6.51. The molecule has 2 aromatic rings. The van der Waals surface area contributed by atoms with Crippen LogP contribution in [0.2, 0.25) is 0 Å². The molecule has 1 amide bonds. The Morgan fingerprint density at radius 2 is 2.17 bits per heavy atom. The average Bonchev–Trinajstić information content (AvgIpc) is 2.94. The van der Waals surface area contributed by atoms with E-state index in [2.05, 4.69) is 42.4 Å². The van der Waals surface area contributed by atoms with Crippen molar-refractivity contribution in [1.82, 2.24) is 20.2 Å². The molecule has 1 aromatic carbocycles. The van der Waals surface area contributed by atoms with Crippen LogP contribution in [0.25, 0.3) is 0 Å². The average molecular weight is 349 g/mol. The van der Waals surface area contributed by atoms with Crippen molar-refractivity contribution < 1.29 is 9.53 Å². The number of aryl methyl sites for hydroxylation is 2. The first kappa shape index (κ1) is 18.1. The van der Waals surface area contributed by atoms with Crippen LogP contribution in [0.15, 0.2) is 23.6 Å². The summed E-state index contributed by atoms with van der Waals surface area (Å²) in [5.74, 6) is 6.68. The summed E-state index contributed by atoms with van der Waals surface area (Å²) in [5.41, 5.74) is 3.57. The number of nitrogens with one attached hydrogen (secondary N) is 1. The quantitative estimate of drug-likeness (QED) is 0.427. The fourth-order valence-electron chi connectivity index (χ4n) is 2.15. The Balaban J connectivity index is 1.64. The van der Waals surface area contributed by atoms with Gasteiger partial charge in [-0.3, -0.25) is 4.79 Å². The van der Waals surface area contributed by atoms with Crippen molar-refractivity contribution >= 4 is 17.7 Å². The molecule has 0 saturated carbocycles. The summed E-state index contributed by atoms with van der Waals surface area (Å²) in [6.45, 7) is 7.32. The summed E-state index contributed by atoms with van der Waals surface area (Å²) in [7, 11) is 0. The molecule has 130 valence electrons. The van der Waals surface area contributed by atoms with Gasteiger partial charge < -0.3 is 15.9 Å². The van der Waals surface area contributed by atoms with Gasteiger partial charge >= 0.3 is 0 Å². The number of nitrogens with zero attached hydrogens (tertiary/aromatic N) is 3. The van der Waals surface area contributed by atoms with E-state index in [-0.39, 0.29) is 11.7 Å². The van der Waals surface area contributed by atoms with Gasteiger partial charge in [-0.2, -0.15) is 0 Å². The van der Waals surface area contributed by atoms with Gasteiger partial charge in [0.25, 0.3) is 0 Å². The van der Waals surface area contributed by atoms with Gasteiger partial charge in [0.1, 0.15) is 12.1 Å². The molecule has 0 atom stereocenters. The third-order valence-corrected chi connectivity index (χ3v) is 4.49. The molecule has 0 fully saturated rings. The number of hydrogen-bond acceptors (Lipinski definition) is 6. The van der Waals surface area contributed by atoms with Crippen LogP contribution in [0.1, 0.15) is 23.1 Å². The molecule has 0 aliphatic heterocycles. The Bertz CT molecular complexity index is 702. The van der Waals surface area contributed by atoms with Crippen LogP contribution < -0.4 is 15.9 Å². The maximum atomic E-state index is 11.8. The number of nitrogen functional groups attached to an aromatic ring is 1. The van der Waals surface area contributed by atoms with Gasteiger partial charge in [-0.15, -0.1) is 10.2 Å². The Morgan fingerprint density at radius 3 is 2.88 bits per heavy atom. The van der Waals surface area contributed by atoms with Gasteiger partial charge in [0, 0.05) is 6.54 Å². The molecule has 0 aliphatic rings. The van der Waals surface area contributed by atoms with Crippen LogP contribution in [0.3, 0.4) is 0 Å². The molecule has 2 rings (SSSR count). The normalized spacial score (nSPS) is 10.6.